The van der Waals surface area contributed by atoms with Crippen molar-refractivity contribution < 1.29 is 19.1 Å². The van der Waals surface area contributed by atoms with E-state index in [4.69, 9.17) is 4.74 Å². The summed E-state index contributed by atoms with van der Waals surface area (Å²) in [5.74, 6) is 1.83. The average Bonchev–Trinajstić information content (AvgIpc) is 3.45. The Morgan fingerprint density at radius 1 is 1.09 bits per heavy atom. The Balaban J connectivity index is 1.17. The number of nitrogens with one attached hydrogen (secondary N) is 1. The number of amides is 1. The van der Waals surface area contributed by atoms with Gasteiger partial charge >= 0.3 is 5.97 Å². The minimum Gasteiger partial charge on any atom is -0.462 e. The molecule has 1 amide bonds. The van der Waals surface area contributed by atoms with Crippen LogP contribution in [0, 0.1) is 28.6 Å². The molecule has 5 rings (SSSR count). The molecule has 4 aliphatic carbocycles. The highest BCUT2D eigenvalue weighted by Gasteiger charge is 2.59. The molecule has 0 radical (unpaired) electrons. The van der Waals surface area contributed by atoms with E-state index in [9.17, 15) is 14.4 Å². The number of carbonyl (C=O) groups is 3. The Hall–Kier alpha value is -1.95. The number of allylic oxidation sites excluding steroid dienone is 1. The molecule has 3 fully saturated rings. The van der Waals surface area contributed by atoms with Crippen molar-refractivity contribution in [2.45, 2.75) is 90.7 Å². The molecular formula is C28H37NO4S. The molecular weight excluding hydrogens is 446 g/mol. The van der Waals surface area contributed by atoms with Gasteiger partial charge in [-0.1, -0.05) is 25.5 Å². The first kappa shape index (κ1) is 23.8. The molecule has 1 heterocycles. The van der Waals surface area contributed by atoms with Crippen LogP contribution in [0.4, 0.5) is 0 Å². The molecule has 6 atom stereocenters. The monoisotopic (exact) mass is 483 g/mol. The van der Waals surface area contributed by atoms with E-state index in [0.29, 0.717) is 36.5 Å². The van der Waals surface area contributed by atoms with Gasteiger partial charge in [0, 0.05) is 23.1 Å². The van der Waals surface area contributed by atoms with Crippen molar-refractivity contribution in [1.29, 1.82) is 0 Å². The predicted octanol–water partition coefficient (Wildman–Crippen LogP) is 5.59. The number of fused-ring (bicyclic) bond motifs is 5. The van der Waals surface area contributed by atoms with Gasteiger partial charge in [0.2, 0.25) is 5.91 Å². The van der Waals surface area contributed by atoms with Gasteiger partial charge < -0.3 is 10.1 Å². The van der Waals surface area contributed by atoms with Gasteiger partial charge in [-0.25, -0.2) is 0 Å². The molecule has 0 bridgehead atoms. The summed E-state index contributed by atoms with van der Waals surface area (Å²) < 4.78 is 6.04. The van der Waals surface area contributed by atoms with Crippen molar-refractivity contribution >= 4 is 29.0 Å². The molecule has 1 aromatic rings. The van der Waals surface area contributed by atoms with Crippen LogP contribution in [0.15, 0.2) is 29.2 Å². The standard InChI is InChI=1S/C28H37NO4S/c1-27-13-11-19(30)16-18(27)5-6-21-22-7-8-24(28(22,2)14-12-23(21)27)33-26(32)10-9-25(31)29-17-20-4-3-15-34-20/h3-4,15-16,21-24H,5-14,17H2,1-2H3,(H,29,31)/t21-,22+,23+,24+,27+,28+/m1/s1. The Morgan fingerprint density at radius 3 is 2.74 bits per heavy atom. The van der Waals surface area contributed by atoms with Crippen molar-refractivity contribution in [2.75, 3.05) is 0 Å². The van der Waals surface area contributed by atoms with E-state index in [1.54, 1.807) is 11.3 Å². The van der Waals surface area contributed by atoms with Gasteiger partial charge in [0.25, 0.3) is 0 Å². The van der Waals surface area contributed by atoms with Crippen LogP contribution in [0.2, 0.25) is 0 Å². The molecule has 0 aliphatic heterocycles. The molecule has 34 heavy (non-hydrogen) atoms. The Kier molecular flexibility index (Phi) is 6.47. The van der Waals surface area contributed by atoms with Gasteiger partial charge in [-0.15, -0.1) is 11.3 Å². The van der Waals surface area contributed by atoms with E-state index in [1.165, 1.54) is 5.57 Å². The molecule has 3 saturated carbocycles. The van der Waals surface area contributed by atoms with Crippen molar-refractivity contribution in [3.05, 3.63) is 34.0 Å². The van der Waals surface area contributed by atoms with Crippen LogP contribution in [0.3, 0.4) is 0 Å². The summed E-state index contributed by atoms with van der Waals surface area (Å²) >= 11 is 1.61. The second-order valence-corrected chi connectivity index (χ2v) is 12.5. The van der Waals surface area contributed by atoms with E-state index >= 15 is 0 Å². The zero-order valence-electron chi connectivity index (χ0n) is 20.4. The number of carbonyl (C=O) groups excluding carboxylic acids is 3. The zero-order valence-corrected chi connectivity index (χ0v) is 21.3. The van der Waals surface area contributed by atoms with Gasteiger partial charge in [-0.2, -0.15) is 0 Å². The molecule has 5 nitrogen and oxygen atoms in total. The number of thiophene rings is 1. The fourth-order valence-electron chi connectivity index (χ4n) is 7.83. The maximum Gasteiger partial charge on any atom is 0.306 e. The van der Waals surface area contributed by atoms with Crippen molar-refractivity contribution in [3.63, 3.8) is 0 Å². The summed E-state index contributed by atoms with van der Waals surface area (Å²) in [6.07, 6.45) is 10.4. The van der Waals surface area contributed by atoms with Crippen LogP contribution in [-0.2, 0) is 25.7 Å². The Bertz CT molecular complexity index is 985. The predicted molar refractivity (Wildman–Crippen MR) is 132 cm³/mol. The first-order chi connectivity index (χ1) is 16.3. The van der Waals surface area contributed by atoms with E-state index in [1.807, 2.05) is 23.6 Å². The molecule has 0 saturated heterocycles. The van der Waals surface area contributed by atoms with Crippen LogP contribution in [-0.4, -0.2) is 23.8 Å². The fraction of sp³-hybridized carbons (Fsp3) is 0.679. The number of hydrogen-bond donors (Lipinski definition) is 1. The highest BCUT2D eigenvalue weighted by Crippen LogP contribution is 2.65. The zero-order chi connectivity index (χ0) is 23.9. The third-order valence-corrected chi connectivity index (χ3v) is 10.6. The highest BCUT2D eigenvalue weighted by atomic mass is 32.1. The first-order valence-electron chi connectivity index (χ1n) is 13.0. The molecule has 1 aromatic heterocycles. The second kappa shape index (κ2) is 9.25. The van der Waals surface area contributed by atoms with Gasteiger partial charge in [0.1, 0.15) is 6.10 Å². The Morgan fingerprint density at radius 2 is 1.94 bits per heavy atom. The van der Waals surface area contributed by atoms with Crippen LogP contribution >= 0.6 is 11.3 Å². The maximum absolute atomic E-state index is 12.7. The largest absolute Gasteiger partial charge is 0.462 e. The third kappa shape index (κ3) is 4.27. The highest BCUT2D eigenvalue weighted by molar-refractivity contribution is 7.09. The normalized spacial score (nSPS) is 36.6. The molecule has 6 heteroatoms. The van der Waals surface area contributed by atoms with Crippen molar-refractivity contribution in [3.8, 4) is 0 Å². The average molecular weight is 484 g/mol. The van der Waals surface area contributed by atoms with Crippen LogP contribution < -0.4 is 5.32 Å². The summed E-state index contributed by atoms with van der Waals surface area (Å²) in [5, 5.41) is 4.87. The number of ether oxygens (including phenoxy) is 1. The molecule has 4 aliphatic rings. The van der Waals surface area contributed by atoms with Crippen molar-refractivity contribution in [2.24, 2.45) is 28.6 Å². The smallest absolute Gasteiger partial charge is 0.306 e. The lowest BCUT2D eigenvalue weighted by atomic mass is 9.47. The van der Waals surface area contributed by atoms with E-state index in [2.05, 4.69) is 19.2 Å². The fourth-order valence-corrected chi connectivity index (χ4v) is 8.47. The minimum absolute atomic E-state index is 0.0281. The van der Waals surface area contributed by atoms with Crippen LogP contribution in [0.1, 0.15) is 82.9 Å². The molecule has 1 N–H and O–H groups in total. The second-order valence-electron chi connectivity index (χ2n) is 11.4. The number of rotatable bonds is 6. The van der Waals surface area contributed by atoms with Gasteiger partial charge in [-0.3, -0.25) is 14.4 Å². The van der Waals surface area contributed by atoms with Crippen molar-refractivity contribution in [1.82, 2.24) is 5.32 Å². The van der Waals surface area contributed by atoms with E-state index in [0.717, 1.165) is 49.8 Å². The van der Waals surface area contributed by atoms with Crippen LogP contribution in [0.25, 0.3) is 0 Å². The topological polar surface area (TPSA) is 72.5 Å². The summed E-state index contributed by atoms with van der Waals surface area (Å²) in [6.45, 7) is 5.26. The quantitative estimate of drug-likeness (QED) is 0.536. The summed E-state index contributed by atoms with van der Waals surface area (Å²) in [6, 6.07) is 3.95. The van der Waals surface area contributed by atoms with Crippen LogP contribution in [0.5, 0.6) is 0 Å². The molecule has 0 spiro atoms. The number of ketones is 1. The van der Waals surface area contributed by atoms with Gasteiger partial charge in [-0.05, 0) is 85.6 Å². The Labute approximate surface area is 206 Å². The minimum atomic E-state index is -0.244. The first-order valence-corrected chi connectivity index (χ1v) is 13.9. The van der Waals surface area contributed by atoms with E-state index < -0.39 is 0 Å². The van der Waals surface area contributed by atoms with Gasteiger partial charge in [0.15, 0.2) is 5.78 Å². The summed E-state index contributed by atoms with van der Waals surface area (Å²) in [7, 11) is 0. The third-order valence-electron chi connectivity index (χ3n) is 9.74. The lowest BCUT2D eigenvalue weighted by Gasteiger charge is -2.57. The maximum atomic E-state index is 12.7. The number of hydrogen-bond acceptors (Lipinski definition) is 5. The SMILES string of the molecule is C[C@]12CC[C@H]3[C@H](CCC4=CC(=O)CC[C@@]43C)[C@@H]1CC[C@@H]2OC(=O)CCC(=O)NCc1cccs1. The number of esters is 1. The van der Waals surface area contributed by atoms with Gasteiger partial charge in [0.05, 0.1) is 13.0 Å². The summed E-state index contributed by atoms with van der Waals surface area (Å²) in [5.41, 5.74) is 1.59. The summed E-state index contributed by atoms with van der Waals surface area (Å²) in [4.78, 5) is 38.0. The molecule has 184 valence electrons. The molecule has 0 aromatic carbocycles. The lowest BCUT2D eigenvalue weighted by Crippen LogP contribution is -2.51. The lowest BCUT2D eigenvalue weighted by molar-refractivity contribution is -0.160. The molecule has 0 unspecified atom stereocenters. The van der Waals surface area contributed by atoms with E-state index in [-0.39, 0.29) is 41.7 Å².